The van der Waals surface area contributed by atoms with Gasteiger partial charge in [0.2, 0.25) is 0 Å². The number of carbonyl (C=O) groups is 1. The Morgan fingerprint density at radius 2 is 1.96 bits per heavy atom. The first kappa shape index (κ1) is 18.1. The lowest BCUT2D eigenvalue weighted by Crippen LogP contribution is -2.36. The maximum atomic E-state index is 11.6. The number of aryl methyl sites for hydroxylation is 1. The van der Waals surface area contributed by atoms with Gasteiger partial charge in [-0.3, -0.25) is 15.5 Å². The smallest absolute Gasteiger partial charge is 0.426 e. The predicted octanol–water partition coefficient (Wildman–Crippen LogP) is 3.21. The highest BCUT2D eigenvalue weighted by Crippen LogP contribution is 2.25. The first-order valence-electron chi connectivity index (χ1n) is 7.50. The molecule has 0 spiro atoms. The number of amides is 1. The fourth-order valence-electron chi connectivity index (χ4n) is 2.02. The molecule has 0 fully saturated rings. The third-order valence-electron chi connectivity index (χ3n) is 3.01. The second-order valence-corrected chi connectivity index (χ2v) is 6.32. The van der Waals surface area contributed by atoms with E-state index in [9.17, 15) is 14.9 Å². The second-order valence-electron chi connectivity index (χ2n) is 6.32. The van der Waals surface area contributed by atoms with Gasteiger partial charge in [0, 0.05) is 17.7 Å². The van der Waals surface area contributed by atoms with E-state index in [4.69, 9.17) is 4.74 Å². The summed E-state index contributed by atoms with van der Waals surface area (Å²) in [6.07, 6.45) is -0.644. The lowest BCUT2D eigenvalue weighted by Gasteiger charge is -2.19. The highest BCUT2D eigenvalue weighted by atomic mass is 16.6. The number of carbonyl (C=O) groups excluding carboxylic acids is 1. The summed E-state index contributed by atoms with van der Waals surface area (Å²) in [5, 5.41) is 18.9. The van der Waals surface area contributed by atoms with Crippen LogP contribution < -0.4 is 10.9 Å². The minimum absolute atomic E-state index is 0.0208. The van der Waals surface area contributed by atoms with E-state index in [-0.39, 0.29) is 5.69 Å². The number of anilines is 1. The Bertz CT molecular complexity index is 801. The van der Waals surface area contributed by atoms with Crippen molar-refractivity contribution in [2.24, 2.45) is 0 Å². The summed E-state index contributed by atoms with van der Waals surface area (Å²) >= 11 is 0. The van der Waals surface area contributed by atoms with Gasteiger partial charge in [-0.05, 0) is 39.3 Å². The lowest BCUT2D eigenvalue weighted by atomic mass is 10.1. The first-order valence-corrected chi connectivity index (χ1v) is 7.50. The quantitative estimate of drug-likeness (QED) is 0.645. The standard InChI is InChI=1S/C16H19N5O4/c1-10-8-13(18-20-15(22)25-16(2,3)4)17-19-14(10)11-6-5-7-12(9-11)21(23)24/h5-9H,1-4H3,(H,17,18)(H,20,22). The molecule has 9 heteroatoms. The van der Waals surface area contributed by atoms with E-state index >= 15 is 0 Å². The molecule has 0 radical (unpaired) electrons. The zero-order valence-corrected chi connectivity index (χ0v) is 14.4. The number of nitro benzene ring substituents is 1. The average molecular weight is 345 g/mol. The summed E-state index contributed by atoms with van der Waals surface area (Å²) in [5.41, 5.74) is 6.19. The van der Waals surface area contributed by atoms with Gasteiger partial charge in [-0.1, -0.05) is 12.1 Å². The molecule has 25 heavy (non-hydrogen) atoms. The van der Waals surface area contributed by atoms with Crippen molar-refractivity contribution in [2.75, 3.05) is 5.43 Å². The molecular formula is C16H19N5O4. The number of nitrogens with zero attached hydrogens (tertiary/aromatic N) is 3. The molecule has 2 aromatic rings. The van der Waals surface area contributed by atoms with Crippen LogP contribution in [0.4, 0.5) is 16.3 Å². The number of nitro groups is 1. The van der Waals surface area contributed by atoms with Crippen molar-refractivity contribution in [3.8, 4) is 11.3 Å². The summed E-state index contributed by atoms with van der Waals surface area (Å²) in [6.45, 7) is 7.06. The van der Waals surface area contributed by atoms with Crippen molar-refractivity contribution in [3.63, 3.8) is 0 Å². The molecule has 0 aliphatic carbocycles. The van der Waals surface area contributed by atoms with Crippen molar-refractivity contribution in [1.29, 1.82) is 0 Å². The Kier molecular flexibility index (Phi) is 5.16. The molecule has 1 aromatic carbocycles. The zero-order valence-electron chi connectivity index (χ0n) is 14.4. The van der Waals surface area contributed by atoms with Crippen LogP contribution in [0.15, 0.2) is 30.3 Å². The van der Waals surface area contributed by atoms with Gasteiger partial charge in [0.05, 0.1) is 10.6 Å². The van der Waals surface area contributed by atoms with Crippen molar-refractivity contribution in [1.82, 2.24) is 15.6 Å². The van der Waals surface area contributed by atoms with Gasteiger partial charge < -0.3 is 4.74 Å². The minimum Gasteiger partial charge on any atom is -0.443 e. The minimum atomic E-state index is -0.644. The number of nitrogens with one attached hydrogen (secondary N) is 2. The van der Waals surface area contributed by atoms with Gasteiger partial charge >= 0.3 is 6.09 Å². The molecule has 0 unspecified atom stereocenters. The molecule has 0 bridgehead atoms. The van der Waals surface area contributed by atoms with E-state index in [0.717, 1.165) is 5.56 Å². The van der Waals surface area contributed by atoms with Gasteiger partial charge in [0.25, 0.3) is 5.69 Å². The van der Waals surface area contributed by atoms with Crippen LogP contribution in [0.25, 0.3) is 11.3 Å². The molecule has 0 aliphatic rings. The highest BCUT2D eigenvalue weighted by Gasteiger charge is 2.16. The maximum Gasteiger partial charge on any atom is 0.426 e. The van der Waals surface area contributed by atoms with Crippen LogP contribution in [-0.4, -0.2) is 26.8 Å². The van der Waals surface area contributed by atoms with E-state index < -0.39 is 16.6 Å². The van der Waals surface area contributed by atoms with Crippen LogP contribution in [-0.2, 0) is 4.74 Å². The lowest BCUT2D eigenvalue weighted by molar-refractivity contribution is -0.384. The maximum absolute atomic E-state index is 11.6. The molecule has 1 heterocycles. The van der Waals surface area contributed by atoms with Gasteiger partial charge in [0.15, 0.2) is 5.82 Å². The Morgan fingerprint density at radius 1 is 1.24 bits per heavy atom. The third kappa shape index (κ3) is 5.13. The fourth-order valence-corrected chi connectivity index (χ4v) is 2.02. The Hall–Kier alpha value is -3.23. The largest absolute Gasteiger partial charge is 0.443 e. The van der Waals surface area contributed by atoms with Crippen LogP contribution in [0.2, 0.25) is 0 Å². The van der Waals surface area contributed by atoms with Gasteiger partial charge in [-0.15, -0.1) is 10.2 Å². The normalized spacial score (nSPS) is 10.9. The van der Waals surface area contributed by atoms with Crippen molar-refractivity contribution in [2.45, 2.75) is 33.3 Å². The van der Waals surface area contributed by atoms with Crippen molar-refractivity contribution < 1.29 is 14.5 Å². The molecule has 0 atom stereocenters. The van der Waals surface area contributed by atoms with Crippen LogP contribution in [0, 0.1) is 17.0 Å². The SMILES string of the molecule is Cc1cc(NNC(=O)OC(C)(C)C)nnc1-c1cccc([N+](=O)[O-])c1. The Balaban J connectivity index is 2.12. The van der Waals surface area contributed by atoms with Crippen molar-refractivity contribution in [3.05, 3.63) is 46.0 Å². The van der Waals surface area contributed by atoms with Crippen LogP contribution in [0.5, 0.6) is 0 Å². The topological polar surface area (TPSA) is 119 Å². The molecule has 0 saturated carbocycles. The van der Waals surface area contributed by atoms with Crippen LogP contribution in [0.1, 0.15) is 26.3 Å². The fraction of sp³-hybridized carbons (Fsp3) is 0.312. The summed E-state index contributed by atoms with van der Waals surface area (Å²) in [5.74, 6) is 0.317. The van der Waals surface area contributed by atoms with E-state index in [1.807, 2.05) is 0 Å². The highest BCUT2D eigenvalue weighted by molar-refractivity contribution is 5.70. The number of aromatic nitrogens is 2. The molecule has 1 amide bonds. The van der Waals surface area contributed by atoms with Crippen LogP contribution in [0.3, 0.4) is 0 Å². The number of benzene rings is 1. The first-order chi connectivity index (χ1) is 11.7. The molecular weight excluding hydrogens is 326 g/mol. The molecule has 9 nitrogen and oxygen atoms in total. The molecule has 2 N–H and O–H groups in total. The number of hydrogen-bond acceptors (Lipinski definition) is 7. The monoisotopic (exact) mass is 345 g/mol. The molecule has 0 aliphatic heterocycles. The predicted molar refractivity (Wildman–Crippen MR) is 91.9 cm³/mol. The Morgan fingerprint density at radius 3 is 2.56 bits per heavy atom. The summed E-state index contributed by atoms with van der Waals surface area (Å²) in [6, 6.07) is 7.81. The van der Waals surface area contributed by atoms with E-state index in [1.165, 1.54) is 12.1 Å². The summed E-state index contributed by atoms with van der Waals surface area (Å²) < 4.78 is 5.09. The van der Waals surface area contributed by atoms with E-state index in [0.29, 0.717) is 17.1 Å². The van der Waals surface area contributed by atoms with Gasteiger partial charge in [0.1, 0.15) is 5.60 Å². The van der Waals surface area contributed by atoms with Gasteiger partial charge in [-0.25, -0.2) is 10.2 Å². The number of hydrogen-bond donors (Lipinski definition) is 2. The number of hydrazine groups is 1. The number of non-ortho nitro benzene ring substituents is 1. The Labute approximate surface area is 144 Å². The average Bonchev–Trinajstić information content (AvgIpc) is 2.51. The van der Waals surface area contributed by atoms with E-state index in [1.54, 1.807) is 45.9 Å². The van der Waals surface area contributed by atoms with E-state index in [2.05, 4.69) is 21.0 Å². The second kappa shape index (κ2) is 7.12. The number of ether oxygens (including phenoxy) is 1. The van der Waals surface area contributed by atoms with Crippen molar-refractivity contribution >= 4 is 17.6 Å². The molecule has 132 valence electrons. The van der Waals surface area contributed by atoms with Gasteiger partial charge in [-0.2, -0.15) is 0 Å². The molecule has 0 saturated heterocycles. The zero-order chi connectivity index (χ0) is 18.6. The third-order valence-corrected chi connectivity index (χ3v) is 3.01. The summed E-state index contributed by atoms with van der Waals surface area (Å²) in [4.78, 5) is 22.0. The number of rotatable bonds is 4. The summed E-state index contributed by atoms with van der Waals surface area (Å²) in [7, 11) is 0. The van der Waals surface area contributed by atoms with Crippen LogP contribution >= 0.6 is 0 Å². The molecule has 1 aromatic heterocycles. The molecule has 2 rings (SSSR count).